The summed E-state index contributed by atoms with van der Waals surface area (Å²) in [4.78, 5) is 14.5. The number of nitrogens with zero attached hydrogens (tertiary/aromatic N) is 1. The van der Waals surface area contributed by atoms with Gasteiger partial charge in [0.05, 0.1) is 22.3 Å². The second kappa shape index (κ2) is 4.81. The minimum Gasteiger partial charge on any atom is -0.399 e. The van der Waals surface area contributed by atoms with E-state index in [2.05, 4.69) is 4.98 Å². The molecule has 8 heteroatoms. The number of aromatic nitrogens is 2. The van der Waals surface area contributed by atoms with E-state index in [9.17, 15) is 18.0 Å². The van der Waals surface area contributed by atoms with Crippen LogP contribution in [-0.4, -0.2) is 9.55 Å². The first kappa shape index (κ1) is 14.5. The Balaban J connectivity index is 2.43. The summed E-state index contributed by atoms with van der Waals surface area (Å²) in [6.45, 7) is 0. The molecule has 0 spiro atoms. The number of alkyl halides is 3. The molecule has 0 aliphatic heterocycles. The molecule has 1 aromatic heterocycles. The summed E-state index contributed by atoms with van der Waals surface area (Å²) in [7, 11) is 0. The molecule has 0 unspecified atom stereocenters. The van der Waals surface area contributed by atoms with Gasteiger partial charge in [-0.15, -0.1) is 0 Å². The van der Waals surface area contributed by atoms with E-state index in [1.807, 2.05) is 0 Å². The SMILES string of the molecule is Nc1cc(C(F)(F)F)c2c(c1)[nH]c(=O)n2-c1ccc(Cl)cc1. The lowest BCUT2D eigenvalue weighted by atomic mass is 10.1. The molecule has 114 valence electrons. The van der Waals surface area contributed by atoms with Crippen LogP contribution in [0.25, 0.3) is 16.7 Å². The molecule has 0 bridgehead atoms. The number of aromatic amines is 1. The smallest absolute Gasteiger partial charge is 0.399 e. The highest BCUT2D eigenvalue weighted by Gasteiger charge is 2.35. The second-order valence-electron chi connectivity index (χ2n) is 4.70. The molecule has 0 atom stereocenters. The Kier molecular flexibility index (Phi) is 3.17. The Bertz CT molecular complexity index is 910. The van der Waals surface area contributed by atoms with Crippen LogP contribution < -0.4 is 11.4 Å². The Morgan fingerprint density at radius 3 is 2.36 bits per heavy atom. The topological polar surface area (TPSA) is 63.8 Å². The van der Waals surface area contributed by atoms with Gasteiger partial charge in [0.25, 0.3) is 0 Å². The van der Waals surface area contributed by atoms with Crippen LogP contribution in [0.5, 0.6) is 0 Å². The van der Waals surface area contributed by atoms with Crippen molar-refractivity contribution in [2.45, 2.75) is 6.18 Å². The van der Waals surface area contributed by atoms with E-state index in [1.165, 1.54) is 30.3 Å². The van der Waals surface area contributed by atoms with Crippen LogP contribution in [0.4, 0.5) is 18.9 Å². The van der Waals surface area contributed by atoms with Gasteiger partial charge < -0.3 is 10.7 Å². The zero-order valence-corrected chi connectivity index (χ0v) is 11.7. The van der Waals surface area contributed by atoms with Gasteiger partial charge in [-0.3, -0.25) is 4.57 Å². The highest BCUT2D eigenvalue weighted by atomic mass is 35.5. The number of hydrogen-bond acceptors (Lipinski definition) is 2. The van der Waals surface area contributed by atoms with Crippen molar-refractivity contribution in [3.05, 3.63) is 57.5 Å². The predicted octanol–water partition coefficient (Wildman–Crippen LogP) is 3.57. The normalized spacial score (nSPS) is 12.0. The summed E-state index contributed by atoms with van der Waals surface area (Å²) in [5.41, 5.74) is 3.77. The first-order chi connectivity index (χ1) is 10.3. The van der Waals surface area contributed by atoms with Crippen molar-refractivity contribution >= 4 is 28.3 Å². The molecule has 3 aromatic rings. The molecule has 0 aliphatic rings. The maximum Gasteiger partial charge on any atom is 0.418 e. The third-order valence-electron chi connectivity index (χ3n) is 3.19. The van der Waals surface area contributed by atoms with Crippen LogP contribution in [-0.2, 0) is 6.18 Å². The van der Waals surface area contributed by atoms with E-state index in [1.54, 1.807) is 0 Å². The number of halogens is 4. The molecule has 0 aliphatic carbocycles. The monoisotopic (exact) mass is 327 g/mol. The molecule has 2 aromatic carbocycles. The average molecular weight is 328 g/mol. The quantitative estimate of drug-likeness (QED) is 0.671. The molecule has 22 heavy (non-hydrogen) atoms. The first-order valence-electron chi connectivity index (χ1n) is 6.15. The fourth-order valence-electron chi connectivity index (χ4n) is 2.32. The maximum absolute atomic E-state index is 13.3. The number of H-pyrrole nitrogens is 1. The summed E-state index contributed by atoms with van der Waals surface area (Å²) in [5.74, 6) is 0. The zero-order valence-electron chi connectivity index (χ0n) is 10.9. The number of fused-ring (bicyclic) bond motifs is 1. The van der Waals surface area contributed by atoms with E-state index < -0.39 is 17.4 Å². The number of nitrogen functional groups attached to an aromatic ring is 1. The van der Waals surface area contributed by atoms with E-state index >= 15 is 0 Å². The van der Waals surface area contributed by atoms with Gasteiger partial charge in [-0.1, -0.05) is 11.6 Å². The van der Waals surface area contributed by atoms with Gasteiger partial charge in [0.15, 0.2) is 0 Å². The molecule has 0 fully saturated rings. The van der Waals surface area contributed by atoms with Crippen LogP contribution in [0.15, 0.2) is 41.2 Å². The van der Waals surface area contributed by atoms with Crippen molar-refractivity contribution in [2.75, 3.05) is 5.73 Å². The van der Waals surface area contributed by atoms with Crippen molar-refractivity contribution in [2.24, 2.45) is 0 Å². The van der Waals surface area contributed by atoms with Crippen molar-refractivity contribution in [3.8, 4) is 5.69 Å². The third-order valence-corrected chi connectivity index (χ3v) is 3.44. The minimum absolute atomic E-state index is 0.0206. The highest BCUT2D eigenvalue weighted by molar-refractivity contribution is 6.30. The first-order valence-corrected chi connectivity index (χ1v) is 6.52. The second-order valence-corrected chi connectivity index (χ2v) is 5.14. The molecule has 1 heterocycles. The molecule has 3 rings (SSSR count). The van der Waals surface area contributed by atoms with Gasteiger partial charge in [0.2, 0.25) is 0 Å². The average Bonchev–Trinajstić information content (AvgIpc) is 2.73. The van der Waals surface area contributed by atoms with Gasteiger partial charge in [-0.2, -0.15) is 13.2 Å². The van der Waals surface area contributed by atoms with Crippen LogP contribution >= 0.6 is 11.6 Å². The maximum atomic E-state index is 13.3. The number of nitrogens with one attached hydrogen (secondary N) is 1. The lowest BCUT2D eigenvalue weighted by Crippen LogP contribution is -2.16. The van der Waals surface area contributed by atoms with Crippen molar-refractivity contribution in [3.63, 3.8) is 0 Å². The number of benzene rings is 2. The molecular weight excluding hydrogens is 319 g/mol. The Hall–Kier alpha value is -2.41. The molecule has 0 saturated heterocycles. The Morgan fingerprint density at radius 2 is 1.77 bits per heavy atom. The largest absolute Gasteiger partial charge is 0.418 e. The lowest BCUT2D eigenvalue weighted by molar-refractivity contribution is -0.136. The number of anilines is 1. The summed E-state index contributed by atoms with van der Waals surface area (Å²) in [6.07, 6.45) is -4.64. The van der Waals surface area contributed by atoms with E-state index in [0.717, 1.165) is 10.6 Å². The zero-order chi connectivity index (χ0) is 16.1. The molecule has 0 amide bonds. The van der Waals surface area contributed by atoms with Gasteiger partial charge in [-0.05, 0) is 36.4 Å². The standard InChI is InChI=1S/C14H9ClF3N3O/c15-7-1-3-9(4-2-7)21-12-10(14(16,17)18)5-8(19)6-11(12)20-13(21)22/h1-6H,19H2,(H,20,22). The van der Waals surface area contributed by atoms with E-state index in [-0.39, 0.29) is 22.4 Å². The van der Waals surface area contributed by atoms with Crippen molar-refractivity contribution in [1.29, 1.82) is 0 Å². The van der Waals surface area contributed by atoms with Gasteiger partial charge in [0, 0.05) is 10.7 Å². The van der Waals surface area contributed by atoms with Crippen molar-refractivity contribution in [1.82, 2.24) is 9.55 Å². The van der Waals surface area contributed by atoms with E-state index in [0.29, 0.717) is 5.02 Å². The van der Waals surface area contributed by atoms with E-state index in [4.69, 9.17) is 17.3 Å². The Labute approximate surface area is 126 Å². The van der Waals surface area contributed by atoms with Gasteiger partial charge in [-0.25, -0.2) is 4.79 Å². The summed E-state index contributed by atoms with van der Waals surface area (Å²) in [5, 5.41) is 0.414. The molecular formula is C14H9ClF3N3O. The van der Waals surface area contributed by atoms with Crippen LogP contribution in [0.2, 0.25) is 5.02 Å². The minimum atomic E-state index is -4.64. The fraction of sp³-hybridized carbons (Fsp3) is 0.0714. The van der Waals surface area contributed by atoms with Gasteiger partial charge >= 0.3 is 11.9 Å². The van der Waals surface area contributed by atoms with Crippen molar-refractivity contribution < 1.29 is 13.2 Å². The van der Waals surface area contributed by atoms with Gasteiger partial charge in [0.1, 0.15) is 0 Å². The highest BCUT2D eigenvalue weighted by Crippen LogP contribution is 2.36. The molecule has 0 saturated carbocycles. The molecule has 0 radical (unpaired) electrons. The van der Waals surface area contributed by atoms with Crippen LogP contribution in [0, 0.1) is 0 Å². The molecule has 3 N–H and O–H groups in total. The number of imidazole rings is 1. The number of hydrogen-bond donors (Lipinski definition) is 2. The summed E-state index contributed by atoms with van der Waals surface area (Å²) < 4.78 is 40.7. The summed E-state index contributed by atoms with van der Waals surface area (Å²) in [6, 6.07) is 8.01. The predicted molar refractivity (Wildman–Crippen MR) is 78.3 cm³/mol. The number of nitrogens with two attached hydrogens (primary N) is 1. The fourth-order valence-corrected chi connectivity index (χ4v) is 2.44. The third kappa shape index (κ3) is 2.33. The Morgan fingerprint density at radius 1 is 1.14 bits per heavy atom. The van der Waals surface area contributed by atoms with Crippen LogP contribution in [0.3, 0.4) is 0 Å². The number of rotatable bonds is 1. The van der Waals surface area contributed by atoms with Crippen LogP contribution in [0.1, 0.15) is 5.56 Å². The summed E-state index contributed by atoms with van der Waals surface area (Å²) >= 11 is 5.76. The molecule has 4 nitrogen and oxygen atoms in total. The lowest BCUT2D eigenvalue weighted by Gasteiger charge is -2.12.